The quantitative estimate of drug-likeness (QED) is 0.789. The number of nitrogens with one attached hydrogen (secondary N) is 1. The number of rotatable bonds is 5. The van der Waals surface area contributed by atoms with Gasteiger partial charge in [0.25, 0.3) is 0 Å². The zero-order chi connectivity index (χ0) is 20.3. The van der Waals surface area contributed by atoms with Crippen molar-refractivity contribution in [3.63, 3.8) is 0 Å². The molecule has 8 heteroatoms. The Morgan fingerprint density at radius 1 is 1.25 bits per heavy atom. The normalized spacial score (nSPS) is 18.0. The highest BCUT2D eigenvalue weighted by Gasteiger charge is 2.32. The molecule has 1 N–H and O–H groups in total. The molecule has 0 radical (unpaired) electrons. The summed E-state index contributed by atoms with van der Waals surface area (Å²) in [6.07, 6.45) is 1.23. The summed E-state index contributed by atoms with van der Waals surface area (Å²) in [6, 6.07) is 10.6. The van der Waals surface area contributed by atoms with Gasteiger partial charge < -0.3 is 5.32 Å². The third-order valence-corrected chi connectivity index (χ3v) is 6.92. The zero-order valence-electron chi connectivity index (χ0n) is 15.5. The van der Waals surface area contributed by atoms with Gasteiger partial charge in [0, 0.05) is 23.8 Å². The van der Waals surface area contributed by atoms with E-state index in [0.717, 1.165) is 5.56 Å². The topological polar surface area (TPSA) is 66.5 Å². The Balaban J connectivity index is 1.68. The number of hydrogen-bond donors (Lipinski definition) is 1. The molecule has 1 amide bonds. The molecule has 1 heterocycles. The Labute approximate surface area is 169 Å². The molecule has 1 atom stereocenters. The van der Waals surface area contributed by atoms with Crippen LogP contribution < -0.4 is 5.32 Å². The number of benzene rings is 2. The Kier molecular flexibility index (Phi) is 6.37. The van der Waals surface area contributed by atoms with E-state index in [1.165, 1.54) is 28.6 Å². The summed E-state index contributed by atoms with van der Waals surface area (Å²) in [7, 11) is -3.59. The molecule has 0 bridgehead atoms. The molecule has 1 fully saturated rings. The molecule has 1 aliphatic heterocycles. The average Bonchev–Trinajstić information content (AvgIpc) is 2.66. The summed E-state index contributed by atoms with van der Waals surface area (Å²) in [4.78, 5) is 12.7. The zero-order valence-corrected chi connectivity index (χ0v) is 17.1. The second-order valence-electron chi connectivity index (χ2n) is 7.03. The Morgan fingerprint density at radius 2 is 1.96 bits per heavy atom. The highest BCUT2D eigenvalue weighted by atomic mass is 35.5. The van der Waals surface area contributed by atoms with E-state index in [-0.39, 0.29) is 18.2 Å². The molecule has 3 rings (SSSR count). The first-order chi connectivity index (χ1) is 13.2. The van der Waals surface area contributed by atoms with Gasteiger partial charge in [-0.2, -0.15) is 0 Å². The maximum absolute atomic E-state index is 13.0. The molecule has 2 aromatic carbocycles. The van der Waals surface area contributed by atoms with Crippen LogP contribution in [0.4, 0.5) is 10.1 Å². The Bertz CT molecular complexity index is 964. The van der Waals surface area contributed by atoms with Gasteiger partial charge in [-0.05, 0) is 55.2 Å². The second-order valence-corrected chi connectivity index (χ2v) is 9.43. The van der Waals surface area contributed by atoms with E-state index in [2.05, 4.69) is 5.32 Å². The number of piperidine rings is 1. The molecule has 28 heavy (non-hydrogen) atoms. The van der Waals surface area contributed by atoms with Crippen molar-refractivity contribution in [1.29, 1.82) is 0 Å². The molecule has 1 saturated heterocycles. The minimum Gasteiger partial charge on any atom is -0.326 e. The highest BCUT2D eigenvalue weighted by Crippen LogP contribution is 2.25. The molecule has 1 unspecified atom stereocenters. The largest absolute Gasteiger partial charge is 0.326 e. The lowest BCUT2D eigenvalue weighted by atomic mass is 9.98. The number of anilines is 1. The van der Waals surface area contributed by atoms with Gasteiger partial charge in [-0.25, -0.2) is 17.1 Å². The van der Waals surface area contributed by atoms with Gasteiger partial charge in [0.2, 0.25) is 15.9 Å². The smallest absolute Gasteiger partial charge is 0.228 e. The second kappa shape index (κ2) is 8.59. The van der Waals surface area contributed by atoms with Gasteiger partial charge in [0.05, 0.1) is 11.7 Å². The van der Waals surface area contributed by atoms with Gasteiger partial charge in [0.1, 0.15) is 5.82 Å². The van der Waals surface area contributed by atoms with Crippen molar-refractivity contribution < 1.29 is 17.6 Å². The number of halogens is 2. The monoisotopic (exact) mass is 424 g/mol. The molecule has 2 aromatic rings. The van der Waals surface area contributed by atoms with Crippen LogP contribution in [0.25, 0.3) is 0 Å². The fraction of sp³-hybridized carbons (Fsp3) is 0.350. The molecule has 150 valence electrons. The fourth-order valence-electron chi connectivity index (χ4n) is 3.26. The number of carbonyl (C=O) groups is 1. The molecule has 0 aliphatic carbocycles. The van der Waals surface area contributed by atoms with Crippen LogP contribution in [0.3, 0.4) is 0 Å². The van der Waals surface area contributed by atoms with Crippen molar-refractivity contribution in [2.75, 3.05) is 18.4 Å². The van der Waals surface area contributed by atoms with E-state index < -0.39 is 21.8 Å². The molecular weight excluding hydrogens is 403 g/mol. The van der Waals surface area contributed by atoms with E-state index >= 15 is 0 Å². The average molecular weight is 425 g/mol. The lowest BCUT2D eigenvalue weighted by Gasteiger charge is -2.31. The van der Waals surface area contributed by atoms with Crippen LogP contribution in [0.15, 0.2) is 42.5 Å². The molecule has 0 aromatic heterocycles. The first-order valence-electron chi connectivity index (χ1n) is 9.04. The van der Waals surface area contributed by atoms with Crippen molar-refractivity contribution in [3.8, 4) is 0 Å². The number of aryl methyl sites for hydroxylation is 1. The van der Waals surface area contributed by atoms with Gasteiger partial charge in [-0.15, -0.1) is 0 Å². The molecule has 1 aliphatic rings. The minimum atomic E-state index is -3.59. The van der Waals surface area contributed by atoms with Gasteiger partial charge in [-0.3, -0.25) is 4.79 Å². The Hall–Kier alpha value is -1.96. The molecule has 0 saturated carbocycles. The van der Waals surface area contributed by atoms with Crippen molar-refractivity contribution in [1.82, 2.24) is 4.31 Å². The van der Waals surface area contributed by atoms with Crippen LogP contribution in [0, 0.1) is 18.7 Å². The number of hydrogen-bond acceptors (Lipinski definition) is 3. The molecule has 0 spiro atoms. The summed E-state index contributed by atoms with van der Waals surface area (Å²) in [5.41, 5.74) is 2.03. The number of sulfonamides is 1. The van der Waals surface area contributed by atoms with Crippen LogP contribution in [0.5, 0.6) is 0 Å². The summed E-state index contributed by atoms with van der Waals surface area (Å²) >= 11 is 5.99. The van der Waals surface area contributed by atoms with Gasteiger partial charge in [0.15, 0.2) is 0 Å². The Morgan fingerprint density at radius 3 is 2.68 bits per heavy atom. The number of amides is 1. The molecule has 5 nitrogen and oxygen atoms in total. The minimum absolute atomic E-state index is 0.134. The van der Waals surface area contributed by atoms with E-state index in [4.69, 9.17) is 11.6 Å². The SMILES string of the molecule is Cc1ccc(Cl)cc1NC(=O)C1CCCN(S(=O)(=O)Cc2ccc(F)cc2)C1. The summed E-state index contributed by atoms with van der Waals surface area (Å²) in [6.45, 7) is 2.38. The molecular formula is C20H22ClFN2O3S. The van der Waals surface area contributed by atoms with Crippen LogP contribution in [0.1, 0.15) is 24.0 Å². The fourth-order valence-corrected chi connectivity index (χ4v) is 5.04. The van der Waals surface area contributed by atoms with Crippen LogP contribution >= 0.6 is 11.6 Å². The third-order valence-electron chi connectivity index (χ3n) is 4.87. The lowest BCUT2D eigenvalue weighted by molar-refractivity contribution is -0.120. The predicted molar refractivity (Wildman–Crippen MR) is 108 cm³/mol. The van der Waals surface area contributed by atoms with Crippen molar-refractivity contribution >= 4 is 33.2 Å². The van der Waals surface area contributed by atoms with E-state index in [1.807, 2.05) is 13.0 Å². The first kappa shape index (κ1) is 20.8. The summed E-state index contributed by atoms with van der Waals surface area (Å²) in [5, 5.41) is 3.38. The van der Waals surface area contributed by atoms with E-state index in [0.29, 0.717) is 35.7 Å². The maximum atomic E-state index is 13.0. The van der Waals surface area contributed by atoms with Crippen LogP contribution in [-0.4, -0.2) is 31.7 Å². The third kappa shape index (κ3) is 5.10. The van der Waals surface area contributed by atoms with Crippen molar-refractivity contribution in [3.05, 3.63) is 64.4 Å². The lowest BCUT2D eigenvalue weighted by Crippen LogP contribution is -2.44. The number of nitrogens with zero attached hydrogens (tertiary/aromatic N) is 1. The highest BCUT2D eigenvalue weighted by molar-refractivity contribution is 7.88. The van der Waals surface area contributed by atoms with E-state index in [9.17, 15) is 17.6 Å². The number of carbonyl (C=O) groups excluding carboxylic acids is 1. The summed E-state index contributed by atoms with van der Waals surface area (Å²) < 4.78 is 39.9. The van der Waals surface area contributed by atoms with Crippen molar-refractivity contribution in [2.24, 2.45) is 5.92 Å². The van der Waals surface area contributed by atoms with Gasteiger partial charge >= 0.3 is 0 Å². The standard InChI is InChI=1S/C20H22ClFN2O3S/c1-14-4-7-17(21)11-19(14)23-20(25)16-3-2-10-24(12-16)28(26,27)13-15-5-8-18(22)9-6-15/h4-9,11,16H,2-3,10,12-13H2,1H3,(H,23,25). The first-order valence-corrected chi connectivity index (χ1v) is 11.0. The predicted octanol–water partition coefficient (Wildman–Crippen LogP) is 3.97. The maximum Gasteiger partial charge on any atom is 0.228 e. The van der Waals surface area contributed by atoms with Crippen LogP contribution in [0.2, 0.25) is 5.02 Å². The van der Waals surface area contributed by atoms with Crippen LogP contribution in [-0.2, 0) is 20.6 Å². The van der Waals surface area contributed by atoms with Crippen molar-refractivity contribution in [2.45, 2.75) is 25.5 Å². The van der Waals surface area contributed by atoms with Gasteiger partial charge in [-0.1, -0.05) is 29.8 Å². The summed E-state index contributed by atoms with van der Waals surface area (Å²) in [5.74, 6) is -1.27. The van der Waals surface area contributed by atoms with E-state index in [1.54, 1.807) is 12.1 Å².